The molecule has 11 heteroatoms. The van der Waals surface area contributed by atoms with Crippen molar-refractivity contribution in [1.82, 2.24) is 9.78 Å². The molecule has 2 N–H and O–H groups in total. The van der Waals surface area contributed by atoms with E-state index in [-0.39, 0.29) is 18.7 Å². The van der Waals surface area contributed by atoms with Crippen LogP contribution in [0.1, 0.15) is 22.8 Å². The van der Waals surface area contributed by atoms with Crippen LogP contribution in [0.5, 0.6) is 5.75 Å². The molecule has 0 saturated carbocycles. The third-order valence-electron chi connectivity index (χ3n) is 3.37. The topological polar surface area (TPSA) is 93.8 Å². The molecule has 0 aliphatic carbocycles. The van der Waals surface area contributed by atoms with Gasteiger partial charge < -0.3 is 19.7 Å². The fourth-order valence-electron chi connectivity index (χ4n) is 1.98. The highest BCUT2D eigenvalue weighted by molar-refractivity contribution is 5.88. The Labute approximate surface area is 150 Å². The summed E-state index contributed by atoms with van der Waals surface area (Å²) < 4.78 is 61.7. The van der Waals surface area contributed by atoms with Crippen LogP contribution in [0.15, 0.2) is 30.6 Å². The van der Waals surface area contributed by atoms with Gasteiger partial charge in [0.2, 0.25) is 0 Å². The first-order valence-corrected chi connectivity index (χ1v) is 7.66. The fourth-order valence-corrected chi connectivity index (χ4v) is 1.98. The smallest absolute Gasteiger partial charge is 0.446 e. The van der Waals surface area contributed by atoms with Gasteiger partial charge in [0.15, 0.2) is 18.2 Å². The molecule has 2 aromatic rings. The first-order valence-electron chi connectivity index (χ1n) is 7.66. The number of aliphatic hydroxyl groups is 2. The molecule has 0 bridgehead atoms. The zero-order valence-corrected chi connectivity index (χ0v) is 14.0. The number of nitrogens with zero attached hydrogens (tertiary/aromatic N) is 2. The van der Waals surface area contributed by atoms with Crippen molar-refractivity contribution in [3.63, 3.8) is 0 Å². The van der Waals surface area contributed by atoms with Crippen LogP contribution in [0.25, 0.3) is 0 Å². The summed E-state index contributed by atoms with van der Waals surface area (Å²) in [5, 5.41) is 21.7. The maximum atomic E-state index is 14.0. The quantitative estimate of drug-likeness (QED) is 0.425. The van der Waals surface area contributed by atoms with Crippen LogP contribution in [0.2, 0.25) is 0 Å². The molecule has 0 amide bonds. The third kappa shape index (κ3) is 5.17. The van der Waals surface area contributed by atoms with Gasteiger partial charge in [-0.3, -0.25) is 4.68 Å². The Morgan fingerprint density at radius 1 is 1.30 bits per heavy atom. The molecule has 7 nitrogen and oxygen atoms in total. The number of halogens is 4. The van der Waals surface area contributed by atoms with Crippen molar-refractivity contribution in [3.05, 3.63) is 47.5 Å². The van der Waals surface area contributed by atoms with E-state index in [9.17, 15) is 22.4 Å². The molecule has 0 unspecified atom stereocenters. The Morgan fingerprint density at radius 2 is 2.00 bits per heavy atom. The Balaban J connectivity index is 2.03. The second-order valence-electron chi connectivity index (χ2n) is 5.51. The van der Waals surface area contributed by atoms with E-state index in [0.29, 0.717) is 5.56 Å². The van der Waals surface area contributed by atoms with Crippen LogP contribution in [0.3, 0.4) is 0 Å². The van der Waals surface area contributed by atoms with E-state index in [4.69, 9.17) is 14.9 Å². The van der Waals surface area contributed by atoms with E-state index >= 15 is 0 Å². The number of benzene rings is 1. The van der Waals surface area contributed by atoms with Gasteiger partial charge in [-0.2, -0.15) is 18.3 Å². The predicted octanol–water partition coefficient (Wildman–Crippen LogP) is 1.87. The van der Waals surface area contributed by atoms with Gasteiger partial charge in [-0.05, 0) is 24.6 Å². The van der Waals surface area contributed by atoms with Gasteiger partial charge in [-0.1, -0.05) is 6.07 Å². The summed E-state index contributed by atoms with van der Waals surface area (Å²) >= 11 is 0. The second-order valence-corrected chi connectivity index (χ2v) is 5.51. The molecule has 1 aromatic heterocycles. The molecule has 1 aromatic carbocycles. The first kappa shape index (κ1) is 20.6. The summed E-state index contributed by atoms with van der Waals surface area (Å²) in [5.74, 6) is -6.23. The van der Waals surface area contributed by atoms with Crippen LogP contribution in [0, 0.1) is 5.82 Å². The largest absolute Gasteiger partial charge is 0.485 e. The molecule has 0 aliphatic rings. The molecule has 2 rings (SSSR count). The number of hydrogen-bond acceptors (Lipinski definition) is 6. The highest BCUT2D eigenvalue weighted by Gasteiger charge is 2.53. The lowest BCUT2D eigenvalue weighted by Crippen LogP contribution is -2.49. The standard InChI is InChI=1S/C16H16F4N2O5/c1-2-26-14(23)11-6-21-22(8-11)7-10-3-4-13(12(17)5-10)27-9-15(24,25)16(18,19)20/h3-6,8,24-25H,2,7,9H2,1H3. The highest BCUT2D eigenvalue weighted by Crippen LogP contribution is 2.29. The predicted molar refractivity (Wildman–Crippen MR) is 82.4 cm³/mol. The van der Waals surface area contributed by atoms with E-state index in [1.807, 2.05) is 0 Å². The Hall–Kier alpha value is -2.66. The highest BCUT2D eigenvalue weighted by atomic mass is 19.4. The minimum atomic E-state index is -5.35. The molecular formula is C16H16F4N2O5. The van der Waals surface area contributed by atoms with Crippen LogP contribution in [-0.4, -0.2) is 51.1 Å². The number of esters is 1. The lowest BCUT2D eigenvalue weighted by Gasteiger charge is -2.24. The molecule has 27 heavy (non-hydrogen) atoms. The molecular weight excluding hydrogens is 376 g/mol. The molecule has 0 saturated heterocycles. The molecule has 0 radical (unpaired) electrons. The molecule has 0 fully saturated rings. The number of carbonyl (C=O) groups excluding carboxylic acids is 1. The van der Waals surface area contributed by atoms with Crippen LogP contribution < -0.4 is 4.74 Å². The van der Waals surface area contributed by atoms with Gasteiger partial charge in [0, 0.05) is 6.20 Å². The zero-order chi connectivity index (χ0) is 20.2. The van der Waals surface area contributed by atoms with Gasteiger partial charge in [0.1, 0.15) is 0 Å². The summed E-state index contributed by atoms with van der Waals surface area (Å²) in [7, 11) is 0. The number of carbonyl (C=O) groups is 1. The normalized spacial score (nSPS) is 12.1. The molecule has 0 spiro atoms. The molecule has 0 atom stereocenters. The van der Waals surface area contributed by atoms with Crippen LogP contribution >= 0.6 is 0 Å². The Morgan fingerprint density at radius 3 is 2.59 bits per heavy atom. The number of ether oxygens (including phenoxy) is 2. The lowest BCUT2D eigenvalue weighted by atomic mass is 10.2. The van der Waals surface area contributed by atoms with Gasteiger partial charge in [-0.25, -0.2) is 9.18 Å². The maximum absolute atomic E-state index is 14.0. The van der Waals surface area contributed by atoms with E-state index in [0.717, 1.165) is 12.1 Å². The third-order valence-corrected chi connectivity index (χ3v) is 3.37. The summed E-state index contributed by atoms with van der Waals surface area (Å²) in [6.45, 7) is 0.340. The lowest BCUT2D eigenvalue weighted by molar-refractivity contribution is -0.355. The van der Waals surface area contributed by atoms with Gasteiger partial charge in [-0.15, -0.1) is 0 Å². The van der Waals surface area contributed by atoms with Crippen molar-refractivity contribution < 1.29 is 42.0 Å². The van der Waals surface area contributed by atoms with Crippen molar-refractivity contribution in [2.75, 3.05) is 13.2 Å². The van der Waals surface area contributed by atoms with Crippen molar-refractivity contribution >= 4 is 5.97 Å². The van der Waals surface area contributed by atoms with Crippen molar-refractivity contribution in [3.8, 4) is 5.75 Å². The Kier molecular flexibility index (Phi) is 6.06. The summed E-state index contributed by atoms with van der Waals surface area (Å²) in [5.41, 5.74) is 0.597. The van der Waals surface area contributed by atoms with Gasteiger partial charge >= 0.3 is 12.1 Å². The molecule has 0 aliphatic heterocycles. The van der Waals surface area contributed by atoms with Crippen LogP contribution in [0.4, 0.5) is 17.6 Å². The minimum Gasteiger partial charge on any atom is -0.485 e. The SMILES string of the molecule is CCOC(=O)c1cnn(Cc2ccc(OCC(O)(O)C(F)(F)F)c(F)c2)c1. The Bertz CT molecular complexity index is 804. The summed E-state index contributed by atoms with van der Waals surface area (Å²) in [6.07, 6.45) is -2.67. The monoisotopic (exact) mass is 392 g/mol. The fraction of sp³-hybridized carbons (Fsp3) is 0.375. The van der Waals surface area contributed by atoms with Crippen LogP contribution in [-0.2, 0) is 11.3 Å². The van der Waals surface area contributed by atoms with Crippen molar-refractivity contribution in [2.24, 2.45) is 0 Å². The number of alkyl halides is 3. The second kappa shape index (κ2) is 7.92. The summed E-state index contributed by atoms with van der Waals surface area (Å²) in [6, 6.07) is 3.39. The van der Waals surface area contributed by atoms with E-state index in [1.165, 1.54) is 23.1 Å². The van der Waals surface area contributed by atoms with Crippen molar-refractivity contribution in [2.45, 2.75) is 25.4 Å². The van der Waals surface area contributed by atoms with Crippen molar-refractivity contribution in [1.29, 1.82) is 0 Å². The number of aromatic nitrogens is 2. The first-order chi connectivity index (χ1) is 12.5. The van der Waals surface area contributed by atoms with E-state index in [2.05, 4.69) is 9.84 Å². The molecule has 1 heterocycles. The zero-order valence-electron chi connectivity index (χ0n) is 14.0. The van der Waals surface area contributed by atoms with Gasteiger partial charge in [0.05, 0.1) is 24.9 Å². The minimum absolute atomic E-state index is 0.0725. The number of hydrogen-bond donors (Lipinski definition) is 2. The number of rotatable bonds is 7. The maximum Gasteiger partial charge on any atom is 0.446 e. The average Bonchev–Trinajstić information content (AvgIpc) is 3.02. The van der Waals surface area contributed by atoms with E-state index in [1.54, 1.807) is 6.92 Å². The van der Waals surface area contributed by atoms with E-state index < -0.39 is 36.1 Å². The van der Waals surface area contributed by atoms with Gasteiger partial charge in [0.25, 0.3) is 5.79 Å². The summed E-state index contributed by atoms with van der Waals surface area (Å²) in [4.78, 5) is 11.6. The molecule has 148 valence electrons. The average molecular weight is 392 g/mol.